The van der Waals surface area contributed by atoms with Crippen LogP contribution < -0.4 is 10.2 Å². The fourth-order valence-corrected chi connectivity index (χ4v) is 3.20. The highest BCUT2D eigenvalue weighted by Gasteiger charge is 2.30. The molecule has 33 heavy (non-hydrogen) atoms. The Hall–Kier alpha value is -3.33. The number of hydrogen-bond acceptors (Lipinski definition) is 4. The Morgan fingerprint density at radius 2 is 1.85 bits per heavy atom. The van der Waals surface area contributed by atoms with Crippen LogP contribution in [-0.2, 0) is 6.18 Å². The summed E-state index contributed by atoms with van der Waals surface area (Å²) in [6.45, 7) is 2.14. The van der Waals surface area contributed by atoms with Gasteiger partial charge in [0, 0.05) is 30.4 Å². The predicted molar refractivity (Wildman–Crippen MR) is 118 cm³/mol. The molecule has 3 rings (SSSR count). The molecule has 0 unspecified atom stereocenters. The second-order valence-corrected chi connectivity index (χ2v) is 7.78. The Kier molecular flexibility index (Phi) is 7.43. The number of amides is 1. The smallest absolute Gasteiger partial charge is 0.416 e. The maximum Gasteiger partial charge on any atom is 0.416 e. The molecule has 0 bridgehead atoms. The summed E-state index contributed by atoms with van der Waals surface area (Å²) < 4.78 is 46.0. The van der Waals surface area contributed by atoms with Gasteiger partial charge in [-0.3, -0.25) is 9.59 Å². The zero-order valence-electron chi connectivity index (χ0n) is 17.9. The Bertz CT molecular complexity index is 1190. The van der Waals surface area contributed by atoms with Gasteiger partial charge in [-0.1, -0.05) is 17.7 Å². The van der Waals surface area contributed by atoms with Gasteiger partial charge in [-0.25, -0.2) is 4.68 Å². The van der Waals surface area contributed by atoms with Crippen molar-refractivity contribution in [2.45, 2.75) is 19.5 Å². The summed E-state index contributed by atoms with van der Waals surface area (Å²) in [6, 6.07) is 12.5. The van der Waals surface area contributed by atoms with Gasteiger partial charge in [0.2, 0.25) is 5.43 Å². The molecule has 0 saturated heterocycles. The van der Waals surface area contributed by atoms with E-state index in [0.717, 1.165) is 16.8 Å². The van der Waals surface area contributed by atoms with E-state index < -0.39 is 23.1 Å². The van der Waals surface area contributed by atoms with Crippen LogP contribution in [0.1, 0.15) is 28.2 Å². The number of aryl methyl sites for hydroxylation is 1. The summed E-state index contributed by atoms with van der Waals surface area (Å²) in [7, 11) is 1.51. The molecule has 6 nitrogen and oxygen atoms in total. The van der Waals surface area contributed by atoms with E-state index in [1.54, 1.807) is 24.3 Å². The van der Waals surface area contributed by atoms with Crippen LogP contribution >= 0.6 is 11.6 Å². The molecule has 0 saturated carbocycles. The van der Waals surface area contributed by atoms with Gasteiger partial charge in [0.15, 0.2) is 5.69 Å². The van der Waals surface area contributed by atoms with Gasteiger partial charge in [-0.2, -0.15) is 18.3 Å². The highest BCUT2D eigenvalue weighted by Crippen LogP contribution is 2.30. The molecule has 10 heteroatoms. The molecule has 1 aromatic heterocycles. The molecule has 0 aliphatic carbocycles. The van der Waals surface area contributed by atoms with E-state index in [-0.39, 0.29) is 17.9 Å². The fourth-order valence-electron chi connectivity index (χ4n) is 3.08. The van der Waals surface area contributed by atoms with Crippen molar-refractivity contribution in [3.8, 4) is 11.4 Å². The van der Waals surface area contributed by atoms with Crippen LogP contribution in [0, 0.1) is 6.92 Å². The van der Waals surface area contributed by atoms with E-state index >= 15 is 0 Å². The third kappa shape index (κ3) is 6.13. The van der Waals surface area contributed by atoms with Crippen molar-refractivity contribution in [1.29, 1.82) is 0 Å². The number of carbonyl (C=O) groups excluding carboxylic acids is 1. The SMILES string of the molecule is Cc1cc(=O)c(C(=O)N(C)CCCOc2ccc(Cl)cc2)nn1-c1cccc(C(F)(F)F)c1. The summed E-state index contributed by atoms with van der Waals surface area (Å²) in [5, 5.41) is 4.66. The molecule has 0 aliphatic rings. The highest BCUT2D eigenvalue weighted by molar-refractivity contribution is 6.30. The third-order valence-electron chi connectivity index (χ3n) is 4.80. The number of aromatic nitrogens is 2. The van der Waals surface area contributed by atoms with E-state index in [0.29, 0.717) is 29.5 Å². The largest absolute Gasteiger partial charge is 0.494 e. The Labute approximate surface area is 193 Å². The molecule has 0 radical (unpaired) electrons. The average Bonchev–Trinajstić information content (AvgIpc) is 2.77. The van der Waals surface area contributed by atoms with Crippen molar-refractivity contribution >= 4 is 17.5 Å². The summed E-state index contributed by atoms with van der Waals surface area (Å²) in [5.41, 5.74) is -1.44. The minimum absolute atomic E-state index is 0.0930. The van der Waals surface area contributed by atoms with Crippen molar-refractivity contribution in [3.05, 3.63) is 86.8 Å². The van der Waals surface area contributed by atoms with Crippen molar-refractivity contribution in [2.24, 2.45) is 0 Å². The molecule has 1 amide bonds. The van der Waals surface area contributed by atoms with Crippen molar-refractivity contribution in [1.82, 2.24) is 14.7 Å². The fraction of sp³-hybridized carbons (Fsp3) is 0.261. The van der Waals surface area contributed by atoms with Crippen molar-refractivity contribution in [3.63, 3.8) is 0 Å². The van der Waals surface area contributed by atoms with Crippen LogP contribution in [0.2, 0.25) is 5.02 Å². The number of halogens is 4. The Morgan fingerprint density at radius 3 is 2.52 bits per heavy atom. The van der Waals surface area contributed by atoms with E-state index in [4.69, 9.17) is 16.3 Å². The highest BCUT2D eigenvalue weighted by atomic mass is 35.5. The van der Waals surface area contributed by atoms with Gasteiger partial charge in [-0.05, 0) is 55.8 Å². The first kappa shape index (κ1) is 24.3. The molecule has 0 N–H and O–H groups in total. The van der Waals surface area contributed by atoms with Crippen LogP contribution in [0.3, 0.4) is 0 Å². The molecular weight excluding hydrogens is 459 g/mol. The lowest BCUT2D eigenvalue weighted by Gasteiger charge is -2.18. The topological polar surface area (TPSA) is 64.4 Å². The number of hydrogen-bond donors (Lipinski definition) is 0. The molecule has 2 aromatic carbocycles. The van der Waals surface area contributed by atoms with E-state index in [2.05, 4.69) is 5.10 Å². The molecule has 0 spiro atoms. The number of nitrogens with zero attached hydrogens (tertiary/aromatic N) is 3. The first-order chi connectivity index (χ1) is 15.6. The van der Waals surface area contributed by atoms with Gasteiger partial charge < -0.3 is 9.64 Å². The normalized spacial score (nSPS) is 11.3. The molecular formula is C23H21ClF3N3O3. The lowest BCUT2D eigenvalue weighted by Crippen LogP contribution is -2.34. The minimum Gasteiger partial charge on any atom is -0.494 e. The van der Waals surface area contributed by atoms with E-state index in [1.807, 2.05) is 0 Å². The maximum atomic E-state index is 13.1. The first-order valence-corrected chi connectivity index (χ1v) is 10.4. The van der Waals surface area contributed by atoms with E-state index in [9.17, 15) is 22.8 Å². The third-order valence-corrected chi connectivity index (χ3v) is 5.05. The minimum atomic E-state index is -4.53. The average molecular weight is 480 g/mol. The van der Waals surface area contributed by atoms with Gasteiger partial charge in [0.25, 0.3) is 5.91 Å². The van der Waals surface area contributed by atoms with Crippen molar-refractivity contribution < 1.29 is 22.7 Å². The van der Waals surface area contributed by atoms with Gasteiger partial charge >= 0.3 is 6.18 Å². The zero-order chi connectivity index (χ0) is 24.2. The van der Waals surface area contributed by atoms with Crippen LogP contribution in [0.25, 0.3) is 5.69 Å². The van der Waals surface area contributed by atoms with Crippen molar-refractivity contribution in [2.75, 3.05) is 20.2 Å². The Balaban J connectivity index is 1.72. The summed E-state index contributed by atoms with van der Waals surface area (Å²) >= 11 is 5.83. The van der Waals surface area contributed by atoms with Gasteiger partial charge in [0.05, 0.1) is 17.9 Å². The summed E-state index contributed by atoms with van der Waals surface area (Å²) in [5.74, 6) is 0.00442. The number of benzene rings is 2. The van der Waals surface area contributed by atoms with Crippen LogP contribution in [0.5, 0.6) is 5.75 Å². The standard InChI is InChI=1S/C23H21ClF3N3O3/c1-15-13-20(31)21(28-30(15)18-6-3-5-16(14-18)23(25,26)27)22(32)29(2)11-4-12-33-19-9-7-17(24)8-10-19/h3,5-10,13-14H,4,11-12H2,1-2H3. The first-order valence-electron chi connectivity index (χ1n) is 9.98. The predicted octanol–water partition coefficient (Wildman–Crippen LogP) is 4.75. The Morgan fingerprint density at radius 1 is 1.15 bits per heavy atom. The molecule has 1 heterocycles. The number of rotatable bonds is 7. The molecule has 174 valence electrons. The van der Waals surface area contributed by atoms with E-state index in [1.165, 1.54) is 37.1 Å². The lowest BCUT2D eigenvalue weighted by atomic mass is 10.2. The second kappa shape index (κ2) is 10.1. The van der Waals surface area contributed by atoms with Crippen LogP contribution in [0.4, 0.5) is 13.2 Å². The monoisotopic (exact) mass is 479 g/mol. The number of ether oxygens (including phenoxy) is 1. The number of alkyl halides is 3. The summed E-state index contributed by atoms with van der Waals surface area (Å²) in [4.78, 5) is 26.5. The van der Waals surface area contributed by atoms with Crippen LogP contribution in [-0.4, -0.2) is 40.8 Å². The molecule has 0 aliphatic heterocycles. The second-order valence-electron chi connectivity index (χ2n) is 7.34. The van der Waals surface area contributed by atoms with Gasteiger partial charge in [-0.15, -0.1) is 0 Å². The molecule has 3 aromatic rings. The zero-order valence-corrected chi connectivity index (χ0v) is 18.7. The molecule has 0 atom stereocenters. The summed E-state index contributed by atoms with van der Waals surface area (Å²) in [6.07, 6.45) is -4.05. The maximum absolute atomic E-state index is 13.1. The lowest BCUT2D eigenvalue weighted by molar-refractivity contribution is -0.137. The number of carbonyl (C=O) groups is 1. The van der Waals surface area contributed by atoms with Crippen LogP contribution in [0.15, 0.2) is 59.4 Å². The molecule has 0 fully saturated rings. The van der Waals surface area contributed by atoms with Gasteiger partial charge in [0.1, 0.15) is 5.75 Å². The quantitative estimate of drug-likeness (QED) is 0.459.